The summed E-state index contributed by atoms with van der Waals surface area (Å²) in [6.45, 7) is 0. The molecule has 4 heterocycles. The summed E-state index contributed by atoms with van der Waals surface area (Å²) in [6, 6.07) is 112. The highest BCUT2D eigenvalue weighted by Crippen LogP contribution is 2.43. The first-order valence-electron chi connectivity index (χ1n) is 28.1. The topological polar surface area (TPSA) is 23.0 Å². The van der Waals surface area contributed by atoms with Gasteiger partial charge in [0.25, 0.3) is 0 Å². The highest BCUT2D eigenvalue weighted by molar-refractivity contribution is 9.10. The number of benzene rings is 12. The molecule has 83 heavy (non-hydrogen) atoms. The van der Waals surface area contributed by atoms with Crippen LogP contribution in [0, 0.1) is 0 Å². The average molecular weight is 1130 g/mol. The molecule has 0 spiro atoms. The molecule has 0 aliphatic rings. The van der Waals surface area contributed by atoms with Crippen molar-refractivity contribution in [2.45, 2.75) is 6.42 Å². The SMILES string of the molecule is Brc1ccc2c(c1)c1ccc3c(ccn3-c3ccccc3)c1n2-c1ccccc1.c1ccc(Cc2ccccc2)cc1.c1ccc(N(c2ccccc2)c2ccc3c(c2)c2ccc4c(ccn4-c4ccccc4)c2n3-c2ccccc2)cc1. The molecule has 0 atom stereocenters. The van der Waals surface area contributed by atoms with Gasteiger partial charge < -0.3 is 23.2 Å². The minimum atomic E-state index is 1.03. The zero-order valence-electron chi connectivity index (χ0n) is 45.5. The molecule has 16 aromatic rings. The second-order valence-electron chi connectivity index (χ2n) is 20.7. The molecule has 0 bridgehead atoms. The first-order chi connectivity index (χ1) is 41.1. The molecular formula is C77H56BrN5. The maximum absolute atomic E-state index is 3.65. The molecule has 0 fully saturated rings. The van der Waals surface area contributed by atoms with E-state index < -0.39 is 0 Å². The Balaban J connectivity index is 0.000000126. The van der Waals surface area contributed by atoms with E-state index in [9.17, 15) is 0 Å². The second kappa shape index (κ2) is 22.6. The van der Waals surface area contributed by atoms with E-state index in [-0.39, 0.29) is 0 Å². The van der Waals surface area contributed by atoms with Crippen molar-refractivity contribution in [3.05, 3.63) is 343 Å². The summed E-state index contributed by atoms with van der Waals surface area (Å²) in [6.07, 6.45) is 5.38. The normalized spacial score (nSPS) is 11.2. The third kappa shape index (κ3) is 9.86. The van der Waals surface area contributed by atoms with Crippen molar-refractivity contribution in [1.82, 2.24) is 18.3 Å². The summed E-state index contributed by atoms with van der Waals surface area (Å²) in [5.74, 6) is 0. The Hall–Kier alpha value is -10.4. The van der Waals surface area contributed by atoms with Gasteiger partial charge in [-0.15, -0.1) is 0 Å². The van der Waals surface area contributed by atoms with Crippen LogP contribution < -0.4 is 4.90 Å². The molecule has 0 amide bonds. The van der Waals surface area contributed by atoms with E-state index in [4.69, 9.17) is 0 Å². The minimum absolute atomic E-state index is 1.03. The molecule has 396 valence electrons. The van der Waals surface area contributed by atoms with Crippen LogP contribution in [0.1, 0.15) is 11.1 Å². The van der Waals surface area contributed by atoms with Crippen LogP contribution >= 0.6 is 15.9 Å². The highest BCUT2D eigenvalue weighted by Gasteiger charge is 2.21. The average Bonchev–Trinajstić information content (AvgIpc) is 3.00. The number of para-hydroxylation sites is 6. The zero-order valence-corrected chi connectivity index (χ0v) is 47.1. The fourth-order valence-electron chi connectivity index (χ4n) is 11.9. The van der Waals surface area contributed by atoms with Gasteiger partial charge in [0.05, 0.1) is 33.1 Å². The molecule has 0 N–H and O–H groups in total. The van der Waals surface area contributed by atoms with E-state index in [2.05, 4.69) is 367 Å². The molecule has 0 aliphatic heterocycles. The largest absolute Gasteiger partial charge is 0.316 e. The van der Waals surface area contributed by atoms with Crippen molar-refractivity contribution >= 4 is 98.4 Å². The third-order valence-corrected chi connectivity index (χ3v) is 16.1. The molecule has 0 aliphatic carbocycles. The van der Waals surface area contributed by atoms with Crippen LogP contribution in [0.4, 0.5) is 17.1 Å². The lowest BCUT2D eigenvalue weighted by Crippen LogP contribution is -2.09. The van der Waals surface area contributed by atoms with Gasteiger partial charge in [0, 0.05) is 89.0 Å². The zero-order chi connectivity index (χ0) is 55.5. The van der Waals surface area contributed by atoms with E-state index in [1.165, 1.54) is 87.9 Å². The van der Waals surface area contributed by atoms with Crippen LogP contribution in [0.5, 0.6) is 0 Å². The van der Waals surface area contributed by atoms with Crippen molar-refractivity contribution in [3.8, 4) is 22.7 Å². The standard InChI is InChI=1S/C38H27N3.C26H17BrN2.C13H12/c1-5-13-28(14-6-1)39-26-25-34-36(39)24-22-33-35-27-32(21-23-37(35)41(38(33)34)31-19-11-4-12-20-31)40(29-15-7-2-8-16-29)30-17-9-3-10-18-30;27-18-11-13-25-23(17-18)21-12-14-24-22(15-16-28(24)19-7-3-1-4-8-19)26(21)29(25)20-9-5-2-6-10-20;1-3-7-12(8-4-1)11-13-9-5-2-6-10-13/h1-27H;1-17H;1-10H,11H2. The third-order valence-electron chi connectivity index (χ3n) is 15.6. The lowest BCUT2D eigenvalue weighted by molar-refractivity contribution is 1.13. The van der Waals surface area contributed by atoms with Gasteiger partial charge in [-0.05, 0) is 151 Å². The highest BCUT2D eigenvalue weighted by atomic mass is 79.9. The summed E-state index contributed by atoms with van der Waals surface area (Å²) in [7, 11) is 0. The number of hydrogen-bond acceptors (Lipinski definition) is 1. The number of hydrogen-bond donors (Lipinski definition) is 0. The van der Waals surface area contributed by atoms with Gasteiger partial charge >= 0.3 is 0 Å². The molecule has 4 aromatic heterocycles. The van der Waals surface area contributed by atoms with E-state index in [1.807, 2.05) is 0 Å². The second-order valence-corrected chi connectivity index (χ2v) is 21.6. The van der Waals surface area contributed by atoms with Crippen LogP contribution in [-0.4, -0.2) is 18.3 Å². The molecule has 0 saturated heterocycles. The van der Waals surface area contributed by atoms with E-state index in [1.54, 1.807) is 0 Å². The maximum atomic E-state index is 3.65. The number of aromatic nitrogens is 4. The number of halogens is 1. The number of nitrogens with zero attached hydrogens (tertiary/aromatic N) is 5. The Morgan fingerprint density at radius 2 is 0.614 bits per heavy atom. The molecule has 0 unspecified atom stereocenters. The Bertz CT molecular complexity index is 4770. The van der Waals surface area contributed by atoms with Crippen LogP contribution in [0.25, 0.3) is 88.2 Å². The lowest BCUT2D eigenvalue weighted by Gasteiger charge is -2.25. The summed E-state index contributed by atoms with van der Waals surface area (Å²) in [5.41, 5.74) is 18.1. The van der Waals surface area contributed by atoms with Crippen LogP contribution in [0.2, 0.25) is 0 Å². The van der Waals surface area contributed by atoms with Crippen molar-refractivity contribution < 1.29 is 0 Å². The fourth-order valence-corrected chi connectivity index (χ4v) is 12.3. The fraction of sp³-hybridized carbons (Fsp3) is 0.0130. The molecule has 12 aromatic carbocycles. The summed E-state index contributed by atoms with van der Waals surface area (Å²) >= 11 is 3.65. The molecule has 0 saturated carbocycles. The summed E-state index contributed by atoms with van der Waals surface area (Å²) in [4.78, 5) is 2.33. The Morgan fingerprint density at radius 1 is 0.265 bits per heavy atom. The predicted octanol–water partition coefficient (Wildman–Crippen LogP) is 21.0. The summed E-state index contributed by atoms with van der Waals surface area (Å²) in [5, 5.41) is 7.48. The van der Waals surface area contributed by atoms with Crippen LogP contribution in [0.3, 0.4) is 0 Å². The monoisotopic (exact) mass is 1130 g/mol. The smallest absolute Gasteiger partial charge is 0.0635 e. The van der Waals surface area contributed by atoms with Gasteiger partial charge in [-0.2, -0.15) is 0 Å². The Morgan fingerprint density at radius 3 is 1.04 bits per heavy atom. The van der Waals surface area contributed by atoms with Crippen molar-refractivity contribution in [3.63, 3.8) is 0 Å². The van der Waals surface area contributed by atoms with Gasteiger partial charge in [0.15, 0.2) is 0 Å². The van der Waals surface area contributed by atoms with E-state index >= 15 is 0 Å². The lowest BCUT2D eigenvalue weighted by atomic mass is 10.1. The predicted molar refractivity (Wildman–Crippen MR) is 353 cm³/mol. The quantitative estimate of drug-likeness (QED) is 0.141. The summed E-state index contributed by atoms with van der Waals surface area (Å²) < 4.78 is 10.4. The molecule has 16 rings (SSSR count). The van der Waals surface area contributed by atoms with Gasteiger partial charge in [-0.1, -0.05) is 198 Å². The maximum Gasteiger partial charge on any atom is 0.0635 e. The van der Waals surface area contributed by atoms with Gasteiger partial charge in [-0.25, -0.2) is 0 Å². The molecule has 0 radical (unpaired) electrons. The first kappa shape index (κ1) is 50.8. The molecular weight excluding hydrogens is 1070 g/mol. The number of rotatable bonds is 9. The molecule has 5 nitrogen and oxygen atoms in total. The number of fused-ring (bicyclic) bond motifs is 10. The van der Waals surface area contributed by atoms with Crippen LogP contribution in [0.15, 0.2) is 332 Å². The van der Waals surface area contributed by atoms with Crippen molar-refractivity contribution in [1.29, 1.82) is 0 Å². The number of anilines is 3. The minimum Gasteiger partial charge on any atom is -0.316 e. The van der Waals surface area contributed by atoms with Gasteiger partial charge in [0.1, 0.15) is 0 Å². The molecule has 6 heteroatoms. The Labute approximate surface area is 491 Å². The van der Waals surface area contributed by atoms with Gasteiger partial charge in [-0.3, -0.25) is 0 Å². The van der Waals surface area contributed by atoms with Gasteiger partial charge in [0.2, 0.25) is 0 Å². The van der Waals surface area contributed by atoms with Crippen molar-refractivity contribution in [2.24, 2.45) is 0 Å². The first-order valence-corrected chi connectivity index (χ1v) is 28.9. The van der Waals surface area contributed by atoms with E-state index in [0.717, 1.165) is 39.3 Å². The van der Waals surface area contributed by atoms with Crippen molar-refractivity contribution in [2.75, 3.05) is 4.90 Å². The Kier molecular flexibility index (Phi) is 13.8. The van der Waals surface area contributed by atoms with Crippen LogP contribution in [-0.2, 0) is 6.42 Å². The van der Waals surface area contributed by atoms with E-state index in [0.29, 0.717) is 0 Å².